The summed E-state index contributed by atoms with van der Waals surface area (Å²) in [7, 11) is 2.99. The van der Waals surface area contributed by atoms with Crippen molar-refractivity contribution >= 4 is 40.3 Å². The summed E-state index contributed by atoms with van der Waals surface area (Å²) in [6.07, 6.45) is 1.60. The summed E-state index contributed by atoms with van der Waals surface area (Å²) < 4.78 is 2.38. The molecule has 2 aromatic heterocycles. The van der Waals surface area contributed by atoms with Crippen molar-refractivity contribution in [1.82, 2.24) is 19.4 Å². The highest BCUT2D eigenvalue weighted by molar-refractivity contribution is 8.00. The molecule has 2 heterocycles. The van der Waals surface area contributed by atoms with Gasteiger partial charge in [-0.25, -0.2) is 9.78 Å². The standard InChI is InChI=1S/C19H19ClN4O3S/c1-11-8-22-17-15(18(26)24(3)19(27)23(17)2)16(11)28-10-14(25)21-9-12-6-4-5-7-13(12)20/h4-8H,9-10H2,1-3H3,(H,21,25). The van der Waals surface area contributed by atoms with Crippen LogP contribution in [0.4, 0.5) is 0 Å². The van der Waals surface area contributed by atoms with Gasteiger partial charge in [0.1, 0.15) is 5.65 Å². The van der Waals surface area contributed by atoms with Crippen LogP contribution in [-0.2, 0) is 25.4 Å². The Bertz CT molecular complexity index is 1190. The highest BCUT2D eigenvalue weighted by Gasteiger charge is 2.17. The van der Waals surface area contributed by atoms with Crippen LogP contribution in [0.5, 0.6) is 0 Å². The topological polar surface area (TPSA) is 86.0 Å². The van der Waals surface area contributed by atoms with Crippen LogP contribution in [0.1, 0.15) is 11.1 Å². The molecule has 0 saturated heterocycles. The lowest BCUT2D eigenvalue weighted by Crippen LogP contribution is -2.37. The van der Waals surface area contributed by atoms with Gasteiger partial charge in [-0.15, -0.1) is 11.8 Å². The molecule has 0 saturated carbocycles. The van der Waals surface area contributed by atoms with Crippen molar-refractivity contribution in [3.05, 3.63) is 67.4 Å². The molecule has 0 radical (unpaired) electrons. The third kappa shape index (κ3) is 3.83. The Kier molecular flexibility index (Phi) is 5.90. The third-order valence-corrected chi connectivity index (χ3v) is 5.97. The summed E-state index contributed by atoms with van der Waals surface area (Å²) in [4.78, 5) is 41.9. The van der Waals surface area contributed by atoms with E-state index in [0.717, 1.165) is 15.7 Å². The molecule has 0 bridgehead atoms. The van der Waals surface area contributed by atoms with Crippen molar-refractivity contribution in [2.45, 2.75) is 18.4 Å². The molecule has 1 N–H and O–H groups in total. The number of thioether (sulfide) groups is 1. The van der Waals surface area contributed by atoms with Crippen molar-refractivity contribution < 1.29 is 4.79 Å². The second-order valence-electron chi connectivity index (χ2n) is 6.33. The number of carbonyl (C=O) groups excluding carboxylic acids is 1. The molecule has 0 aliphatic carbocycles. The molecule has 28 heavy (non-hydrogen) atoms. The van der Waals surface area contributed by atoms with E-state index in [2.05, 4.69) is 10.3 Å². The van der Waals surface area contributed by atoms with Crippen LogP contribution in [0.3, 0.4) is 0 Å². The van der Waals surface area contributed by atoms with Gasteiger partial charge in [-0.05, 0) is 24.1 Å². The van der Waals surface area contributed by atoms with E-state index in [9.17, 15) is 14.4 Å². The van der Waals surface area contributed by atoms with Crippen molar-refractivity contribution in [2.24, 2.45) is 14.1 Å². The summed E-state index contributed by atoms with van der Waals surface area (Å²) in [5, 5.41) is 3.76. The zero-order chi connectivity index (χ0) is 20.4. The summed E-state index contributed by atoms with van der Waals surface area (Å²) in [6, 6.07) is 7.30. The number of amides is 1. The Labute approximate surface area is 170 Å². The molecule has 3 rings (SSSR count). The lowest BCUT2D eigenvalue weighted by atomic mass is 10.2. The minimum absolute atomic E-state index is 0.121. The second kappa shape index (κ2) is 8.20. The van der Waals surface area contributed by atoms with Gasteiger partial charge in [-0.3, -0.25) is 18.7 Å². The molecule has 1 aromatic carbocycles. The molecule has 0 aliphatic heterocycles. The van der Waals surface area contributed by atoms with Crippen molar-refractivity contribution in [3.8, 4) is 0 Å². The van der Waals surface area contributed by atoms with Gasteiger partial charge in [0.05, 0.1) is 11.1 Å². The first-order valence-corrected chi connectivity index (χ1v) is 9.86. The zero-order valence-electron chi connectivity index (χ0n) is 15.7. The summed E-state index contributed by atoms with van der Waals surface area (Å²) in [6.45, 7) is 2.15. The monoisotopic (exact) mass is 418 g/mol. The van der Waals surface area contributed by atoms with E-state index < -0.39 is 11.2 Å². The maximum atomic E-state index is 12.6. The van der Waals surface area contributed by atoms with Crippen LogP contribution in [0.15, 0.2) is 44.9 Å². The van der Waals surface area contributed by atoms with E-state index in [1.54, 1.807) is 19.3 Å². The molecule has 7 nitrogen and oxygen atoms in total. The number of pyridine rings is 1. The lowest BCUT2D eigenvalue weighted by Gasteiger charge is -2.12. The second-order valence-corrected chi connectivity index (χ2v) is 7.72. The molecule has 0 spiro atoms. The Morgan fingerprint density at radius 3 is 2.64 bits per heavy atom. The smallest absolute Gasteiger partial charge is 0.332 e. The fourth-order valence-corrected chi connectivity index (χ4v) is 3.99. The van der Waals surface area contributed by atoms with Crippen molar-refractivity contribution in [3.63, 3.8) is 0 Å². The van der Waals surface area contributed by atoms with Gasteiger partial charge in [0.15, 0.2) is 0 Å². The van der Waals surface area contributed by atoms with Crippen LogP contribution >= 0.6 is 23.4 Å². The Morgan fingerprint density at radius 2 is 1.93 bits per heavy atom. The van der Waals surface area contributed by atoms with E-state index in [0.29, 0.717) is 27.5 Å². The van der Waals surface area contributed by atoms with Gasteiger partial charge in [0, 0.05) is 36.8 Å². The quantitative estimate of drug-likeness (QED) is 0.640. The molecule has 0 aliphatic rings. The maximum Gasteiger partial charge on any atom is 0.332 e. The van der Waals surface area contributed by atoms with E-state index >= 15 is 0 Å². The normalized spacial score (nSPS) is 11.0. The number of nitrogens with one attached hydrogen (secondary N) is 1. The zero-order valence-corrected chi connectivity index (χ0v) is 17.2. The first-order chi connectivity index (χ1) is 13.3. The Morgan fingerprint density at radius 1 is 1.21 bits per heavy atom. The van der Waals surface area contributed by atoms with E-state index in [-0.39, 0.29) is 11.7 Å². The van der Waals surface area contributed by atoms with Crippen LogP contribution < -0.4 is 16.6 Å². The molecule has 9 heteroatoms. The summed E-state index contributed by atoms with van der Waals surface area (Å²) in [5.41, 5.74) is 1.04. The maximum absolute atomic E-state index is 12.6. The van der Waals surface area contributed by atoms with E-state index in [1.807, 2.05) is 25.1 Å². The van der Waals surface area contributed by atoms with E-state index in [4.69, 9.17) is 11.6 Å². The molecule has 0 atom stereocenters. The van der Waals surface area contributed by atoms with Crippen LogP contribution in [0.25, 0.3) is 11.0 Å². The fraction of sp³-hybridized carbons (Fsp3) is 0.263. The van der Waals surface area contributed by atoms with Crippen LogP contribution in [0.2, 0.25) is 5.02 Å². The number of hydrogen-bond acceptors (Lipinski definition) is 5. The van der Waals surface area contributed by atoms with Crippen LogP contribution in [0, 0.1) is 6.92 Å². The largest absolute Gasteiger partial charge is 0.351 e. The fourth-order valence-electron chi connectivity index (χ4n) is 2.81. The number of rotatable bonds is 5. The predicted molar refractivity (Wildman–Crippen MR) is 111 cm³/mol. The molecule has 0 unspecified atom stereocenters. The average Bonchev–Trinajstić information content (AvgIpc) is 2.68. The number of aromatic nitrogens is 3. The van der Waals surface area contributed by atoms with Gasteiger partial charge in [-0.1, -0.05) is 29.8 Å². The van der Waals surface area contributed by atoms with Gasteiger partial charge in [0.25, 0.3) is 5.56 Å². The SMILES string of the molecule is Cc1cnc2c(c1SCC(=O)NCc1ccccc1Cl)c(=O)n(C)c(=O)n2C. The molecule has 0 fully saturated rings. The lowest BCUT2D eigenvalue weighted by molar-refractivity contribution is -0.118. The molecule has 1 amide bonds. The Hall–Kier alpha value is -2.58. The molecular formula is C19H19ClN4O3S. The highest BCUT2D eigenvalue weighted by atomic mass is 35.5. The summed E-state index contributed by atoms with van der Waals surface area (Å²) >= 11 is 7.35. The van der Waals surface area contributed by atoms with Crippen LogP contribution in [-0.4, -0.2) is 25.8 Å². The number of nitrogens with zero attached hydrogens (tertiary/aromatic N) is 3. The molecule has 146 valence electrons. The number of benzene rings is 1. The minimum Gasteiger partial charge on any atom is -0.351 e. The van der Waals surface area contributed by atoms with Crippen molar-refractivity contribution in [1.29, 1.82) is 0 Å². The number of fused-ring (bicyclic) bond motifs is 1. The molecular weight excluding hydrogens is 400 g/mol. The van der Waals surface area contributed by atoms with Gasteiger partial charge >= 0.3 is 5.69 Å². The minimum atomic E-state index is -0.442. The highest BCUT2D eigenvalue weighted by Crippen LogP contribution is 2.27. The third-order valence-electron chi connectivity index (χ3n) is 4.38. The van der Waals surface area contributed by atoms with Gasteiger partial charge in [-0.2, -0.15) is 0 Å². The summed E-state index contributed by atoms with van der Waals surface area (Å²) in [5.74, 6) is -0.0629. The van der Waals surface area contributed by atoms with Gasteiger partial charge < -0.3 is 5.32 Å². The number of carbonyl (C=O) groups is 1. The first-order valence-electron chi connectivity index (χ1n) is 8.49. The molecule has 3 aromatic rings. The predicted octanol–water partition coefficient (Wildman–Crippen LogP) is 2.00. The first kappa shape index (κ1) is 20.2. The number of hydrogen-bond donors (Lipinski definition) is 1. The average molecular weight is 419 g/mol. The van der Waals surface area contributed by atoms with E-state index in [1.165, 1.54) is 23.4 Å². The van der Waals surface area contributed by atoms with Gasteiger partial charge in [0.2, 0.25) is 5.91 Å². The van der Waals surface area contributed by atoms with Crippen molar-refractivity contribution in [2.75, 3.05) is 5.75 Å². The number of aryl methyl sites for hydroxylation is 2. The number of halogens is 1. The Balaban J connectivity index is 1.84.